The number of hydrogen-bond donors (Lipinski definition) is 1. The van der Waals surface area contributed by atoms with E-state index < -0.39 is 0 Å². The molecule has 7 nitrogen and oxygen atoms in total. The van der Waals surface area contributed by atoms with Crippen LogP contribution in [0.2, 0.25) is 0 Å². The van der Waals surface area contributed by atoms with E-state index in [0.29, 0.717) is 12.6 Å². The van der Waals surface area contributed by atoms with Gasteiger partial charge in [-0.25, -0.2) is 0 Å². The van der Waals surface area contributed by atoms with Crippen LogP contribution in [0.5, 0.6) is 0 Å². The van der Waals surface area contributed by atoms with Gasteiger partial charge in [0.05, 0.1) is 19.1 Å². The van der Waals surface area contributed by atoms with Gasteiger partial charge in [0.15, 0.2) is 5.96 Å². The maximum absolute atomic E-state index is 12.8. The van der Waals surface area contributed by atoms with Gasteiger partial charge >= 0.3 is 5.97 Å². The van der Waals surface area contributed by atoms with Crippen molar-refractivity contribution in [1.82, 2.24) is 10.2 Å². The molecule has 0 unspecified atom stereocenters. The first-order valence-electron chi connectivity index (χ1n) is 10.1. The number of esters is 1. The maximum atomic E-state index is 12.8. The van der Waals surface area contributed by atoms with E-state index in [4.69, 9.17) is 4.74 Å². The number of guanidine groups is 1. The summed E-state index contributed by atoms with van der Waals surface area (Å²) in [5.74, 6) is 0.612. The van der Waals surface area contributed by atoms with Gasteiger partial charge in [-0.05, 0) is 44.2 Å². The van der Waals surface area contributed by atoms with Crippen molar-refractivity contribution in [2.24, 2.45) is 10.9 Å². The van der Waals surface area contributed by atoms with Gasteiger partial charge in [-0.2, -0.15) is 0 Å². The van der Waals surface area contributed by atoms with Crippen molar-refractivity contribution >= 4 is 47.5 Å². The summed E-state index contributed by atoms with van der Waals surface area (Å²) in [6.45, 7) is 4.66. The van der Waals surface area contributed by atoms with Gasteiger partial charge in [0.1, 0.15) is 0 Å². The predicted molar refractivity (Wildman–Crippen MR) is 125 cm³/mol. The normalized spacial score (nSPS) is 17.2. The highest BCUT2D eigenvalue weighted by atomic mass is 127. The number of benzene rings is 1. The Bertz CT molecular complexity index is 732. The molecule has 0 atom stereocenters. The van der Waals surface area contributed by atoms with Crippen molar-refractivity contribution in [3.05, 3.63) is 29.8 Å². The summed E-state index contributed by atoms with van der Waals surface area (Å²) >= 11 is 0. The second-order valence-corrected chi connectivity index (χ2v) is 7.19. The van der Waals surface area contributed by atoms with Crippen LogP contribution in [0.15, 0.2) is 29.3 Å². The molecule has 1 fully saturated rings. The number of aliphatic imine (C=N–C) groups is 1. The van der Waals surface area contributed by atoms with Crippen LogP contribution < -0.4 is 10.2 Å². The fourth-order valence-corrected chi connectivity index (χ4v) is 3.96. The van der Waals surface area contributed by atoms with Crippen molar-refractivity contribution in [2.45, 2.75) is 32.6 Å². The number of ether oxygens (including phenoxy) is 1. The van der Waals surface area contributed by atoms with Crippen molar-refractivity contribution in [1.29, 1.82) is 0 Å². The summed E-state index contributed by atoms with van der Waals surface area (Å²) < 4.78 is 5.12. The number of hydrogen-bond acceptors (Lipinski definition) is 4. The SMILES string of the molecule is CCOC(=O)C1CCN(C(=NC)NCC(=O)N2CCCc3ccccc32)CC1.I. The molecule has 1 aromatic rings. The highest BCUT2D eigenvalue weighted by Crippen LogP contribution is 2.26. The smallest absolute Gasteiger partial charge is 0.309 e. The zero-order valence-electron chi connectivity index (χ0n) is 17.2. The Labute approximate surface area is 189 Å². The molecular weight excluding hydrogens is 483 g/mol. The lowest BCUT2D eigenvalue weighted by Gasteiger charge is -2.34. The summed E-state index contributed by atoms with van der Waals surface area (Å²) in [6, 6.07) is 8.10. The Balaban J connectivity index is 0.00000300. The van der Waals surface area contributed by atoms with Crippen LogP contribution in [0.4, 0.5) is 5.69 Å². The number of fused-ring (bicyclic) bond motifs is 1. The highest BCUT2D eigenvalue weighted by Gasteiger charge is 2.28. The number of halogens is 1. The maximum Gasteiger partial charge on any atom is 0.309 e. The Morgan fingerprint density at radius 2 is 1.93 bits per heavy atom. The molecule has 0 aliphatic carbocycles. The Hall–Kier alpha value is -1.84. The summed E-state index contributed by atoms with van der Waals surface area (Å²) in [7, 11) is 1.72. The van der Waals surface area contributed by atoms with Crippen LogP contribution in [0.3, 0.4) is 0 Å². The van der Waals surface area contributed by atoms with Crippen LogP contribution in [-0.2, 0) is 20.7 Å². The zero-order chi connectivity index (χ0) is 19.9. The molecule has 0 radical (unpaired) electrons. The lowest BCUT2D eigenvalue weighted by atomic mass is 9.97. The van der Waals surface area contributed by atoms with Crippen LogP contribution in [0.25, 0.3) is 0 Å². The van der Waals surface area contributed by atoms with Gasteiger partial charge in [-0.1, -0.05) is 18.2 Å². The minimum absolute atomic E-state index is 0. The standard InChI is InChI=1S/C21H30N4O3.HI/c1-3-28-20(27)17-10-13-24(14-11-17)21(22-2)23-15-19(26)25-12-6-8-16-7-4-5-9-18(16)25;/h4-5,7,9,17H,3,6,8,10-15H2,1-2H3,(H,22,23);1H. The molecule has 2 aliphatic rings. The fourth-order valence-electron chi connectivity index (χ4n) is 3.96. The third kappa shape index (κ3) is 5.83. The first-order chi connectivity index (χ1) is 13.6. The first kappa shape index (κ1) is 23.4. The van der Waals surface area contributed by atoms with Gasteiger partial charge in [0.2, 0.25) is 5.91 Å². The van der Waals surface area contributed by atoms with Gasteiger partial charge < -0.3 is 19.9 Å². The monoisotopic (exact) mass is 514 g/mol. The Kier molecular flexibility index (Phi) is 9.19. The minimum atomic E-state index is -0.107. The van der Waals surface area contributed by atoms with E-state index in [1.54, 1.807) is 7.05 Å². The van der Waals surface area contributed by atoms with E-state index in [-0.39, 0.29) is 48.3 Å². The second-order valence-electron chi connectivity index (χ2n) is 7.19. The highest BCUT2D eigenvalue weighted by molar-refractivity contribution is 14.0. The predicted octanol–water partition coefficient (Wildman–Crippen LogP) is 2.43. The molecule has 2 aliphatic heterocycles. The quantitative estimate of drug-likeness (QED) is 0.289. The number of rotatable bonds is 4. The third-order valence-electron chi connectivity index (χ3n) is 5.44. The molecule has 29 heavy (non-hydrogen) atoms. The molecule has 1 amide bonds. The van der Waals surface area contributed by atoms with Crippen LogP contribution >= 0.6 is 24.0 Å². The lowest BCUT2D eigenvalue weighted by molar-refractivity contribution is -0.149. The molecule has 0 bridgehead atoms. The van der Waals surface area contributed by atoms with Crippen LogP contribution in [-0.4, -0.2) is 62.6 Å². The number of piperidine rings is 1. The number of para-hydroxylation sites is 1. The van der Waals surface area contributed by atoms with E-state index in [1.165, 1.54) is 5.56 Å². The van der Waals surface area contributed by atoms with Crippen LogP contribution in [0, 0.1) is 5.92 Å². The average molecular weight is 514 g/mol. The van der Waals surface area contributed by atoms with E-state index in [9.17, 15) is 9.59 Å². The van der Waals surface area contributed by atoms with Crippen molar-refractivity contribution in [2.75, 3.05) is 44.7 Å². The third-order valence-corrected chi connectivity index (χ3v) is 5.44. The van der Waals surface area contributed by atoms with E-state index in [1.807, 2.05) is 30.0 Å². The van der Waals surface area contributed by atoms with Crippen molar-refractivity contribution < 1.29 is 14.3 Å². The molecule has 1 aromatic carbocycles. The number of nitrogens with one attached hydrogen (secondary N) is 1. The largest absolute Gasteiger partial charge is 0.466 e. The average Bonchev–Trinajstić information content (AvgIpc) is 2.74. The summed E-state index contributed by atoms with van der Waals surface area (Å²) in [5, 5.41) is 3.20. The number of nitrogens with zero attached hydrogens (tertiary/aromatic N) is 3. The molecular formula is C21H31IN4O3. The number of carbonyl (C=O) groups excluding carboxylic acids is 2. The van der Waals surface area contributed by atoms with Crippen molar-refractivity contribution in [3.8, 4) is 0 Å². The first-order valence-corrected chi connectivity index (χ1v) is 10.1. The summed E-state index contributed by atoms with van der Waals surface area (Å²) in [4.78, 5) is 33.0. The number of amides is 1. The number of carbonyl (C=O) groups is 2. The van der Waals surface area contributed by atoms with Crippen molar-refractivity contribution in [3.63, 3.8) is 0 Å². The minimum Gasteiger partial charge on any atom is -0.466 e. The molecule has 0 saturated carbocycles. The number of anilines is 1. The fraction of sp³-hybridized carbons (Fsp3) is 0.571. The Morgan fingerprint density at radius 3 is 2.62 bits per heavy atom. The van der Waals surface area contributed by atoms with Crippen LogP contribution in [0.1, 0.15) is 31.7 Å². The van der Waals surface area contributed by atoms with Gasteiger partial charge in [-0.15, -0.1) is 24.0 Å². The number of likely N-dealkylation sites (tertiary alicyclic amines) is 1. The number of aryl methyl sites for hydroxylation is 1. The van der Waals surface area contributed by atoms with E-state index in [0.717, 1.165) is 51.0 Å². The molecule has 2 heterocycles. The summed E-state index contributed by atoms with van der Waals surface area (Å²) in [6.07, 6.45) is 3.49. The molecule has 1 saturated heterocycles. The molecule has 3 rings (SSSR count). The van der Waals surface area contributed by atoms with E-state index >= 15 is 0 Å². The molecule has 8 heteroatoms. The van der Waals surface area contributed by atoms with Gasteiger partial charge in [0, 0.05) is 32.4 Å². The lowest BCUT2D eigenvalue weighted by Crippen LogP contribution is -2.50. The van der Waals surface area contributed by atoms with Gasteiger partial charge in [0.25, 0.3) is 0 Å². The topological polar surface area (TPSA) is 74.2 Å². The Morgan fingerprint density at radius 1 is 1.21 bits per heavy atom. The molecule has 0 spiro atoms. The molecule has 1 N–H and O–H groups in total. The summed E-state index contributed by atoms with van der Waals surface area (Å²) in [5.41, 5.74) is 2.25. The second kappa shape index (κ2) is 11.4. The molecule has 0 aromatic heterocycles. The van der Waals surface area contributed by atoms with E-state index in [2.05, 4.69) is 21.3 Å². The zero-order valence-corrected chi connectivity index (χ0v) is 19.6. The van der Waals surface area contributed by atoms with Gasteiger partial charge in [-0.3, -0.25) is 14.6 Å². The molecule has 160 valence electrons.